The average molecular weight is 475 g/mol. The fourth-order valence-corrected chi connectivity index (χ4v) is 3.83. The second-order valence-corrected chi connectivity index (χ2v) is 8.55. The Morgan fingerprint density at radius 2 is 2.03 bits per heavy atom. The molecule has 0 unspecified atom stereocenters. The van der Waals surface area contributed by atoms with E-state index >= 15 is 0 Å². The van der Waals surface area contributed by atoms with E-state index in [0.29, 0.717) is 33.9 Å². The van der Waals surface area contributed by atoms with E-state index in [2.05, 4.69) is 35.6 Å². The summed E-state index contributed by atoms with van der Waals surface area (Å²) >= 11 is 0. The molecule has 0 atom stereocenters. The van der Waals surface area contributed by atoms with E-state index < -0.39 is 11.7 Å². The first-order valence-corrected chi connectivity index (χ1v) is 11.1. The van der Waals surface area contributed by atoms with Gasteiger partial charge in [-0.05, 0) is 31.5 Å². The maximum atomic E-state index is 15.0. The van der Waals surface area contributed by atoms with Crippen LogP contribution in [0.3, 0.4) is 0 Å². The Bertz CT molecular complexity index is 1530. The van der Waals surface area contributed by atoms with Crippen LogP contribution in [0.4, 0.5) is 4.39 Å². The zero-order valence-electron chi connectivity index (χ0n) is 19.6. The van der Waals surface area contributed by atoms with Crippen molar-refractivity contribution in [1.29, 1.82) is 0 Å². The minimum Gasteiger partial charge on any atom is -0.344 e. The third-order valence-electron chi connectivity index (χ3n) is 5.71. The van der Waals surface area contributed by atoms with Crippen LogP contribution in [-0.4, -0.2) is 41.2 Å². The van der Waals surface area contributed by atoms with Crippen LogP contribution in [0.15, 0.2) is 35.0 Å². The number of hydrogen-bond donors (Lipinski definition) is 3. The van der Waals surface area contributed by atoms with E-state index in [1.54, 1.807) is 24.4 Å². The van der Waals surface area contributed by atoms with E-state index in [0.717, 1.165) is 22.5 Å². The number of pyridine rings is 1. The van der Waals surface area contributed by atoms with Crippen LogP contribution in [0, 0.1) is 19.7 Å². The normalized spacial score (nSPS) is 11.5. The molecule has 0 aliphatic rings. The number of aromatic amines is 2. The summed E-state index contributed by atoms with van der Waals surface area (Å²) in [5.74, 6) is -0.0548. The molecule has 0 saturated heterocycles. The zero-order chi connectivity index (χ0) is 24.7. The van der Waals surface area contributed by atoms with Gasteiger partial charge in [0.05, 0.1) is 11.3 Å². The molecule has 5 rings (SSSR count). The molecule has 178 valence electrons. The van der Waals surface area contributed by atoms with Crippen LogP contribution in [0.5, 0.6) is 0 Å². The molecule has 0 spiro atoms. The monoisotopic (exact) mass is 474 g/mol. The number of nitrogens with one attached hydrogen (secondary N) is 3. The van der Waals surface area contributed by atoms with Gasteiger partial charge in [0.1, 0.15) is 17.2 Å². The zero-order valence-corrected chi connectivity index (χ0v) is 19.6. The fourth-order valence-electron chi connectivity index (χ4n) is 3.83. The van der Waals surface area contributed by atoms with Crippen molar-refractivity contribution in [1.82, 2.24) is 40.6 Å². The molecular weight excluding hydrogens is 451 g/mol. The molecule has 4 aromatic heterocycles. The van der Waals surface area contributed by atoms with Gasteiger partial charge >= 0.3 is 11.8 Å². The van der Waals surface area contributed by atoms with Crippen molar-refractivity contribution in [2.75, 3.05) is 0 Å². The van der Waals surface area contributed by atoms with Gasteiger partial charge in [0.15, 0.2) is 11.5 Å². The van der Waals surface area contributed by atoms with Gasteiger partial charge < -0.3 is 14.8 Å². The third-order valence-corrected chi connectivity index (χ3v) is 5.71. The maximum absolute atomic E-state index is 15.0. The molecule has 4 heterocycles. The summed E-state index contributed by atoms with van der Waals surface area (Å²) in [5, 5.41) is 13.6. The van der Waals surface area contributed by atoms with E-state index in [1.807, 2.05) is 27.7 Å². The van der Waals surface area contributed by atoms with Crippen molar-refractivity contribution < 1.29 is 13.7 Å². The van der Waals surface area contributed by atoms with Gasteiger partial charge in [0.2, 0.25) is 0 Å². The summed E-state index contributed by atoms with van der Waals surface area (Å²) in [6, 6.07) is 6.62. The van der Waals surface area contributed by atoms with Crippen LogP contribution in [-0.2, 0) is 6.54 Å². The standard InChI is InChI=1S/C24H23FN8O2/c1-11(2)20-30-24(35-33-20)23(34)27-10-15-6-5-14(9-17(15)25)16-7-8-26-22-19(16)28-21(29-22)18-12(3)31-32-13(18)4/h5-9,11H,10H2,1-4H3,(H,27,34)(H,31,32)(H,26,28,29). The lowest BCUT2D eigenvalue weighted by atomic mass is 10.0. The molecule has 0 aliphatic heterocycles. The van der Waals surface area contributed by atoms with Gasteiger partial charge in [-0.2, -0.15) is 10.1 Å². The van der Waals surface area contributed by atoms with E-state index in [4.69, 9.17) is 9.51 Å². The number of amides is 1. The number of benzene rings is 1. The Kier molecular flexibility index (Phi) is 5.59. The number of hydrogen-bond acceptors (Lipinski definition) is 7. The third kappa shape index (κ3) is 4.16. The highest BCUT2D eigenvalue weighted by Gasteiger charge is 2.19. The highest BCUT2D eigenvalue weighted by molar-refractivity contribution is 5.92. The first-order chi connectivity index (χ1) is 16.8. The number of aromatic nitrogens is 7. The molecule has 0 saturated carbocycles. The van der Waals surface area contributed by atoms with E-state index in [-0.39, 0.29) is 18.4 Å². The SMILES string of the molecule is Cc1n[nH]c(C)c1-c1nc2c(-c3ccc(CNC(=O)c4nc(C(C)C)no4)c(F)c3)ccnc2[nH]1. The quantitative estimate of drug-likeness (QED) is 0.335. The molecule has 0 bridgehead atoms. The van der Waals surface area contributed by atoms with Gasteiger partial charge in [0.25, 0.3) is 0 Å². The molecule has 5 aromatic rings. The molecule has 0 fully saturated rings. The largest absolute Gasteiger partial charge is 0.344 e. The Morgan fingerprint density at radius 1 is 1.20 bits per heavy atom. The van der Waals surface area contributed by atoms with E-state index in [1.165, 1.54) is 6.07 Å². The van der Waals surface area contributed by atoms with Crippen LogP contribution < -0.4 is 5.32 Å². The molecule has 35 heavy (non-hydrogen) atoms. The van der Waals surface area contributed by atoms with Crippen LogP contribution in [0.1, 0.15) is 53.2 Å². The van der Waals surface area contributed by atoms with Crippen molar-refractivity contribution in [3.8, 4) is 22.5 Å². The summed E-state index contributed by atoms with van der Waals surface area (Å²) in [7, 11) is 0. The molecule has 0 radical (unpaired) electrons. The molecule has 10 nitrogen and oxygen atoms in total. The van der Waals surface area contributed by atoms with Crippen molar-refractivity contribution in [2.45, 2.75) is 40.2 Å². The lowest BCUT2D eigenvalue weighted by molar-refractivity contribution is 0.0906. The first kappa shape index (κ1) is 22.4. The summed E-state index contributed by atoms with van der Waals surface area (Å²) in [6.07, 6.45) is 1.65. The molecule has 3 N–H and O–H groups in total. The summed E-state index contributed by atoms with van der Waals surface area (Å²) in [5.41, 5.74) is 5.51. The maximum Gasteiger partial charge on any atom is 0.315 e. The van der Waals surface area contributed by atoms with Crippen molar-refractivity contribution in [3.63, 3.8) is 0 Å². The predicted octanol–water partition coefficient (Wildman–Crippen LogP) is 4.21. The van der Waals surface area contributed by atoms with Gasteiger partial charge in [-0.15, -0.1) is 0 Å². The topological polar surface area (TPSA) is 138 Å². The average Bonchev–Trinajstić information content (AvgIpc) is 3.56. The lowest BCUT2D eigenvalue weighted by Crippen LogP contribution is -2.23. The number of halogens is 1. The molecule has 11 heteroatoms. The molecule has 1 amide bonds. The minimum atomic E-state index is -0.558. The number of rotatable bonds is 6. The summed E-state index contributed by atoms with van der Waals surface area (Å²) in [4.78, 5) is 28.7. The summed E-state index contributed by atoms with van der Waals surface area (Å²) < 4.78 is 20.0. The van der Waals surface area contributed by atoms with Crippen LogP contribution in [0.25, 0.3) is 33.7 Å². The lowest BCUT2D eigenvalue weighted by Gasteiger charge is -2.07. The number of fused-ring (bicyclic) bond motifs is 1. The first-order valence-electron chi connectivity index (χ1n) is 11.1. The second-order valence-electron chi connectivity index (χ2n) is 8.55. The fraction of sp³-hybridized carbons (Fsp3) is 0.250. The minimum absolute atomic E-state index is 0.0261. The smallest absolute Gasteiger partial charge is 0.315 e. The van der Waals surface area contributed by atoms with Crippen LogP contribution >= 0.6 is 0 Å². The van der Waals surface area contributed by atoms with Gasteiger partial charge in [-0.3, -0.25) is 9.89 Å². The number of nitrogens with zero attached hydrogens (tertiary/aromatic N) is 5. The Morgan fingerprint density at radius 3 is 2.71 bits per heavy atom. The number of aryl methyl sites for hydroxylation is 2. The summed E-state index contributed by atoms with van der Waals surface area (Å²) in [6.45, 7) is 7.58. The Labute approximate surface area is 199 Å². The number of carbonyl (C=O) groups is 1. The number of carbonyl (C=O) groups excluding carboxylic acids is 1. The van der Waals surface area contributed by atoms with Gasteiger partial charge in [-0.1, -0.05) is 31.1 Å². The number of imidazole rings is 1. The van der Waals surface area contributed by atoms with Gasteiger partial charge in [0, 0.05) is 35.5 Å². The van der Waals surface area contributed by atoms with Gasteiger partial charge in [-0.25, -0.2) is 14.4 Å². The van der Waals surface area contributed by atoms with Crippen molar-refractivity contribution in [3.05, 3.63) is 64.9 Å². The highest BCUT2D eigenvalue weighted by atomic mass is 19.1. The van der Waals surface area contributed by atoms with E-state index in [9.17, 15) is 9.18 Å². The number of H-pyrrole nitrogens is 2. The van der Waals surface area contributed by atoms with Crippen LogP contribution in [0.2, 0.25) is 0 Å². The Hall–Kier alpha value is -4.41. The molecular formula is C24H23FN8O2. The van der Waals surface area contributed by atoms with Crippen molar-refractivity contribution >= 4 is 17.1 Å². The molecule has 1 aromatic carbocycles. The second kappa shape index (κ2) is 8.75. The molecule has 0 aliphatic carbocycles. The highest BCUT2D eigenvalue weighted by Crippen LogP contribution is 2.31. The Balaban J connectivity index is 1.39. The van der Waals surface area contributed by atoms with Crippen molar-refractivity contribution in [2.24, 2.45) is 0 Å². The predicted molar refractivity (Wildman–Crippen MR) is 126 cm³/mol.